The van der Waals surface area contributed by atoms with Crippen LogP contribution in [-0.2, 0) is 0 Å². The maximum atomic E-state index is 9.29. The molecule has 1 atom stereocenters. The normalized spacial score (nSPS) is 15.9. The van der Waals surface area contributed by atoms with Crippen molar-refractivity contribution in [1.29, 1.82) is 5.26 Å². The van der Waals surface area contributed by atoms with Crippen LogP contribution in [-0.4, -0.2) is 17.3 Å². The highest BCUT2D eigenvalue weighted by atomic mass is 16.3. The van der Waals surface area contributed by atoms with Gasteiger partial charge >= 0.3 is 0 Å². The van der Waals surface area contributed by atoms with Crippen LogP contribution in [0.1, 0.15) is 23.8 Å². The van der Waals surface area contributed by atoms with Gasteiger partial charge < -0.3 is 4.42 Å². The van der Waals surface area contributed by atoms with Crippen LogP contribution in [0.3, 0.4) is 0 Å². The lowest BCUT2D eigenvalue weighted by Gasteiger charge is -2.17. The Hall–Kier alpha value is -2.54. The van der Waals surface area contributed by atoms with Crippen molar-refractivity contribution in [3.05, 3.63) is 60.1 Å². The van der Waals surface area contributed by atoms with E-state index in [4.69, 9.17) is 4.42 Å². The Bertz CT molecular complexity index is 611. The summed E-state index contributed by atoms with van der Waals surface area (Å²) in [5, 5.41) is 15.6. The molecule has 3 rings (SSSR count). The van der Waals surface area contributed by atoms with Crippen LogP contribution >= 0.6 is 0 Å². The molecular weight excluding hydrogens is 238 g/mol. The van der Waals surface area contributed by atoms with Gasteiger partial charge in [0.1, 0.15) is 5.76 Å². The number of hydrogen-bond acceptors (Lipinski definition) is 4. The Kier molecular flexibility index (Phi) is 3.03. The van der Waals surface area contributed by atoms with E-state index >= 15 is 0 Å². The number of nitriles is 1. The molecule has 0 N–H and O–H groups in total. The fourth-order valence-electron chi connectivity index (χ4n) is 2.22. The van der Waals surface area contributed by atoms with Crippen LogP contribution in [0, 0.1) is 11.3 Å². The third kappa shape index (κ3) is 2.23. The molecule has 1 aromatic carbocycles. The zero-order valence-corrected chi connectivity index (χ0v) is 10.4. The van der Waals surface area contributed by atoms with Gasteiger partial charge in [0.2, 0.25) is 0 Å². The van der Waals surface area contributed by atoms with E-state index in [0.717, 1.165) is 24.2 Å². The first-order chi connectivity index (χ1) is 9.38. The first-order valence-electron chi connectivity index (χ1n) is 6.21. The van der Waals surface area contributed by atoms with E-state index in [2.05, 4.69) is 11.2 Å². The van der Waals surface area contributed by atoms with Gasteiger partial charge in [-0.25, -0.2) is 0 Å². The predicted octanol–water partition coefficient (Wildman–Crippen LogP) is 2.95. The van der Waals surface area contributed by atoms with E-state index in [1.807, 2.05) is 36.4 Å². The summed E-state index contributed by atoms with van der Waals surface area (Å²) in [5.74, 6) is 0.639. The highest BCUT2D eigenvalue weighted by Crippen LogP contribution is 2.25. The Labute approximate surface area is 111 Å². The van der Waals surface area contributed by atoms with E-state index in [0.29, 0.717) is 5.76 Å². The summed E-state index contributed by atoms with van der Waals surface area (Å²) in [6, 6.07) is 15.4. The lowest BCUT2D eigenvalue weighted by atomic mass is 10.1. The Morgan fingerprint density at radius 2 is 2.05 bits per heavy atom. The van der Waals surface area contributed by atoms with Gasteiger partial charge in [0.15, 0.2) is 6.04 Å². The lowest BCUT2D eigenvalue weighted by Crippen LogP contribution is -2.19. The summed E-state index contributed by atoms with van der Waals surface area (Å²) < 4.78 is 5.31. The fourth-order valence-corrected chi connectivity index (χ4v) is 2.22. The molecular formula is C15H13N3O. The quantitative estimate of drug-likeness (QED) is 0.842. The van der Waals surface area contributed by atoms with Crippen LogP contribution in [0.2, 0.25) is 0 Å². The molecule has 1 aliphatic heterocycles. The van der Waals surface area contributed by atoms with E-state index in [1.165, 1.54) is 0 Å². The second kappa shape index (κ2) is 4.99. The third-order valence-electron chi connectivity index (χ3n) is 3.17. The van der Waals surface area contributed by atoms with Crippen LogP contribution in [0.4, 0.5) is 0 Å². The SMILES string of the molecule is N#C[C@H](c1ccco1)N1CCC(c2ccccc2)=N1. The zero-order valence-electron chi connectivity index (χ0n) is 10.4. The summed E-state index contributed by atoms with van der Waals surface area (Å²) in [5.41, 5.74) is 2.13. The molecule has 4 nitrogen and oxygen atoms in total. The van der Waals surface area contributed by atoms with Gasteiger partial charge in [-0.05, 0) is 17.7 Å². The van der Waals surface area contributed by atoms with Crippen molar-refractivity contribution in [3.8, 4) is 6.07 Å². The molecule has 19 heavy (non-hydrogen) atoms. The second-order valence-corrected chi connectivity index (χ2v) is 4.37. The Morgan fingerprint density at radius 3 is 2.74 bits per heavy atom. The van der Waals surface area contributed by atoms with Gasteiger partial charge in [0.25, 0.3) is 0 Å². The summed E-state index contributed by atoms with van der Waals surface area (Å²) >= 11 is 0. The van der Waals surface area contributed by atoms with Crippen molar-refractivity contribution in [3.63, 3.8) is 0 Å². The number of benzene rings is 1. The minimum Gasteiger partial charge on any atom is -0.466 e. The topological polar surface area (TPSA) is 52.5 Å². The highest BCUT2D eigenvalue weighted by Gasteiger charge is 2.26. The first kappa shape index (κ1) is 11.5. The molecule has 2 aromatic rings. The van der Waals surface area contributed by atoms with E-state index in [1.54, 1.807) is 17.3 Å². The Morgan fingerprint density at radius 1 is 1.21 bits per heavy atom. The highest BCUT2D eigenvalue weighted by molar-refractivity contribution is 6.01. The smallest absolute Gasteiger partial charge is 0.190 e. The summed E-state index contributed by atoms with van der Waals surface area (Å²) in [6.45, 7) is 0.739. The zero-order chi connectivity index (χ0) is 13.1. The second-order valence-electron chi connectivity index (χ2n) is 4.37. The van der Waals surface area contributed by atoms with Crippen molar-refractivity contribution in [2.45, 2.75) is 12.5 Å². The molecule has 0 saturated heterocycles. The minimum absolute atomic E-state index is 0.448. The summed E-state index contributed by atoms with van der Waals surface area (Å²) in [7, 11) is 0. The molecule has 0 radical (unpaired) electrons. The van der Waals surface area contributed by atoms with Crippen molar-refractivity contribution in [2.75, 3.05) is 6.54 Å². The van der Waals surface area contributed by atoms with E-state index in [-0.39, 0.29) is 0 Å². The number of hydrogen-bond donors (Lipinski definition) is 0. The monoisotopic (exact) mass is 251 g/mol. The molecule has 1 aromatic heterocycles. The number of nitrogens with zero attached hydrogens (tertiary/aromatic N) is 3. The maximum absolute atomic E-state index is 9.29. The molecule has 0 aliphatic carbocycles. The lowest BCUT2D eigenvalue weighted by molar-refractivity contribution is 0.245. The van der Waals surface area contributed by atoms with Crippen LogP contribution in [0.15, 0.2) is 58.2 Å². The molecule has 4 heteroatoms. The molecule has 0 unspecified atom stereocenters. The van der Waals surface area contributed by atoms with Crippen molar-refractivity contribution < 1.29 is 4.42 Å². The minimum atomic E-state index is -0.448. The number of furan rings is 1. The molecule has 0 bridgehead atoms. The molecule has 2 heterocycles. The van der Waals surface area contributed by atoms with Gasteiger partial charge in [0.05, 0.1) is 18.0 Å². The van der Waals surface area contributed by atoms with Crippen LogP contribution in [0.25, 0.3) is 0 Å². The first-order valence-corrected chi connectivity index (χ1v) is 6.21. The number of hydrazone groups is 1. The molecule has 1 aliphatic rings. The van der Waals surface area contributed by atoms with Gasteiger partial charge in [-0.2, -0.15) is 10.4 Å². The van der Waals surface area contributed by atoms with Crippen molar-refractivity contribution in [2.24, 2.45) is 5.10 Å². The van der Waals surface area contributed by atoms with Gasteiger partial charge in [0, 0.05) is 13.0 Å². The van der Waals surface area contributed by atoms with Crippen LogP contribution < -0.4 is 0 Å². The predicted molar refractivity (Wildman–Crippen MR) is 71.4 cm³/mol. The molecule has 0 saturated carbocycles. The van der Waals surface area contributed by atoms with Crippen LogP contribution in [0.5, 0.6) is 0 Å². The van der Waals surface area contributed by atoms with Crippen molar-refractivity contribution >= 4 is 5.71 Å². The summed E-state index contributed by atoms with van der Waals surface area (Å²) in [4.78, 5) is 0. The van der Waals surface area contributed by atoms with Gasteiger partial charge in [-0.1, -0.05) is 30.3 Å². The third-order valence-corrected chi connectivity index (χ3v) is 3.17. The standard InChI is InChI=1S/C15H13N3O/c16-11-14(15-7-4-10-19-15)18-9-8-13(17-18)12-5-2-1-3-6-12/h1-7,10,14H,8-9H2/t14-/m1/s1. The molecule has 0 fully saturated rings. The molecule has 0 spiro atoms. The van der Waals surface area contributed by atoms with E-state index in [9.17, 15) is 5.26 Å². The molecule has 94 valence electrons. The maximum Gasteiger partial charge on any atom is 0.190 e. The van der Waals surface area contributed by atoms with E-state index < -0.39 is 6.04 Å². The van der Waals surface area contributed by atoms with Crippen molar-refractivity contribution in [1.82, 2.24) is 5.01 Å². The summed E-state index contributed by atoms with van der Waals surface area (Å²) in [6.07, 6.45) is 2.43. The van der Waals surface area contributed by atoms with Gasteiger partial charge in [-0.15, -0.1) is 0 Å². The average Bonchev–Trinajstić information content (AvgIpc) is 3.12. The Balaban J connectivity index is 1.85. The largest absolute Gasteiger partial charge is 0.466 e. The number of rotatable bonds is 3. The average molecular weight is 251 g/mol. The molecule has 0 amide bonds. The fraction of sp³-hybridized carbons (Fsp3) is 0.200. The van der Waals surface area contributed by atoms with Gasteiger partial charge in [-0.3, -0.25) is 5.01 Å².